The number of aromatic hydroxyl groups is 2. The van der Waals surface area contributed by atoms with Gasteiger partial charge in [0, 0.05) is 153 Å². The minimum atomic E-state index is -3.11. The maximum absolute atomic E-state index is 12.9. The summed E-state index contributed by atoms with van der Waals surface area (Å²) >= 11 is 0. The Morgan fingerprint density at radius 3 is 1.16 bits per heavy atom. The third kappa shape index (κ3) is 29.2. The Bertz CT molecular complexity index is 5160. The zero-order valence-corrected chi connectivity index (χ0v) is 76.9. The van der Waals surface area contributed by atoms with Crippen LogP contribution in [0.25, 0.3) is 0 Å². The number of benzene rings is 11. The number of azo groups is 1. The van der Waals surface area contributed by atoms with Crippen LogP contribution in [0.2, 0.25) is 0 Å². The maximum Gasteiger partial charge on any atom is 1.00 e. The van der Waals surface area contributed by atoms with Crippen LogP contribution in [0.5, 0.6) is 23.0 Å². The van der Waals surface area contributed by atoms with Crippen molar-refractivity contribution in [2.45, 2.75) is 92.6 Å². The third-order valence-electron chi connectivity index (χ3n) is 19.3. The van der Waals surface area contributed by atoms with Gasteiger partial charge in [-0.1, -0.05) is 159 Å². The number of ether oxygens (including phenoxy) is 3. The van der Waals surface area contributed by atoms with Gasteiger partial charge in [0.05, 0.1) is 17.9 Å². The van der Waals surface area contributed by atoms with E-state index in [0.717, 1.165) is 22.9 Å². The Kier molecular flexibility index (Phi) is 35.6. The monoisotopic (exact) mass is 1680 g/mol. The first-order valence-electron chi connectivity index (χ1n) is 40.0. The Morgan fingerprint density at radius 1 is 0.459 bits per heavy atom. The standard InChI is InChI=1S/C28H36N2O.C26H25NO5.C25H31N3O.C20H25N4O.Na.O3S/c1-28(2,3)20-31-26-18-12-23(13-19-26)27(21-8-14-24(15-9-21)29(4)5)22-10-16-25(17-11-22)30(6)7;1-25(2,3)15-23(30)27-18-8-13-21-22(14-18)26(32-24(21)31,16-4-9-19(28)10-5-16)17-6-11-20(29)12-7-17;1-27(2)22-11-5-19(6-12-22)25(20-7-13-23(14-8-20)28(3)4)21-9-15-24(16-10-21)29-18-17-26;1-20(2,3)14-19(25)21-18-13-16(24(4)5)11-12-17(18)23-22-15-9-7-6-8-10-15;;1-4(2)3/h8-19,27H,20H2,1-7H3;4-14,28-29H,15H2,1-3H3,(H,27,30);5-16,25H,17-18,26H2,1-4H3;7-13H,14H2,1-5H3,(H,21,25);;/q;;;-1;+1;. The predicted molar refractivity (Wildman–Crippen MR) is 491 cm³/mol. The summed E-state index contributed by atoms with van der Waals surface area (Å²) in [5, 5.41) is 34.0. The number of carbonyl (C=O) groups is 3. The normalized spacial score (nSPS) is 11.9. The first-order valence-corrected chi connectivity index (χ1v) is 41.0. The zero-order chi connectivity index (χ0) is 88.5. The zero-order valence-electron chi connectivity index (χ0n) is 74.1. The third-order valence-corrected chi connectivity index (χ3v) is 19.3. The molecule has 21 nitrogen and oxygen atoms in total. The van der Waals surface area contributed by atoms with Crippen molar-refractivity contribution in [1.82, 2.24) is 0 Å². The molecule has 0 atom stereocenters. The molecule has 0 fully saturated rings. The van der Waals surface area contributed by atoms with Crippen molar-refractivity contribution in [3.63, 3.8) is 0 Å². The molecule has 1 aliphatic heterocycles. The van der Waals surface area contributed by atoms with Gasteiger partial charge in [-0.15, -0.1) is 24.8 Å². The van der Waals surface area contributed by atoms with Crippen LogP contribution in [0.3, 0.4) is 0 Å². The van der Waals surface area contributed by atoms with Gasteiger partial charge in [0.15, 0.2) is 5.60 Å². The number of esters is 1. The van der Waals surface area contributed by atoms with E-state index in [0.29, 0.717) is 71.9 Å². The number of cyclic esters (lactones) is 1. The molecule has 0 aromatic heterocycles. The number of rotatable bonds is 24. The fourth-order valence-corrected chi connectivity index (χ4v) is 13.2. The summed E-state index contributed by atoms with van der Waals surface area (Å²) in [7, 11) is 17.3. The first-order chi connectivity index (χ1) is 57.2. The molecular weight excluding hydrogens is 1560 g/mol. The maximum atomic E-state index is 12.9. The molecule has 12 rings (SSSR count). The van der Waals surface area contributed by atoms with Crippen molar-refractivity contribution in [3.8, 4) is 23.0 Å². The van der Waals surface area contributed by atoms with Crippen LogP contribution < -0.4 is 79.9 Å². The van der Waals surface area contributed by atoms with Gasteiger partial charge in [0.2, 0.25) is 11.8 Å². The predicted octanol–water partition coefficient (Wildman–Crippen LogP) is 17.0. The summed E-state index contributed by atoms with van der Waals surface area (Å²) in [5.41, 5.74) is 22.3. The Hall–Kier alpha value is -11.8. The second-order valence-electron chi connectivity index (χ2n) is 34.2. The molecule has 636 valence electrons. The van der Waals surface area contributed by atoms with Gasteiger partial charge in [0.1, 0.15) is 35.3 Å². The molecule has 0 aliphatic carbocycles. The molecule has 1 heterocycles. The molecule has 0 radical (unpaired) electrons. The van der Waals surface area contributed by atoms with Crippen LogP contribution in [0.1, 0.15) is 147 Å². The van der Waals surface area contributed by atoms with Crippen molar-refractivity contribution in [2.75, 3.05) is 125 Å². The van der Waals surface area contributed by atoms with Crippen LogP contribution in [0, 0.1) is 22.3 Å². The minimum Gasteiger partial charge on any atom is -0.508 e. The molecule has 6 N–H and O–H groups in total. The summed E-state index contributed by atoms with van der Waals surface area (Å²) in [4.78, 5) is 48.2. The second-order valence-corrected chi connectivity index (χ2v) is 34.6. The van der Waals surface area contributed by atoms with Crippen molar-refractivity contribution in [2.24, 2.45) is 32.2 Å². The van der Waals surface area contributed by atoms with Gasteiger partial charge in [-0.05, 0) is 189 Å². The van der Waals surface area contributed by atoms with Crippen molar-refractivity contribution in [1.29, 1.82) is 0 Å². The fraction of sp³-hybridized carbons (Fsp3) is 0.303. The Labute approximate surface area is 745 Å². The molecule has 1 aliphatic rings. The van der Waals surface area contributed by atoms with E-state index in [4.69, 9.17) is 32.6 Å². The topological polar surface area (TPSA) is 262 Å². The molecule has 0 bridgehead atoms. The van der Waals surface area contributed by atoms with E-state index in [1.807, 2.05) is 103 Å². The average molecular weight is 1680 g/mol. The molecule has 2 amide bonds. The van der Waals surface area contributed by atoms with E-state index >= 15 is 0 Å². The van der Waals surface area contributed by atoms with E-state index in [2.05, 4.69) is 257 Å². The molecule has 0 unspecified atom stereocenters. The van der Waals surface area contributed by atoms with Gasteiger partial charge >= 0.3 is 46.1 Å². The van der Waals surface area contributed by atoms with Gasteiger partial charge in [0.25, 0.3) is 0 Å². The number of amides is 2. The van der Waals surface area contributed by atoms with Gasteiger partial charge in [-0.3, -0.25) is 9.59 Å². The van der Waals surface area contributed by atoms with Gasteiger partial charge in [-0.2, -0.15) is 28.4 Å². The number of hydrogen-bond donors (Lipinski definition) is 5. The molecule has 23 heteroatoms. The number of nitrogens with one attached hydrogen (secondary N) is 2. The molecule has 11 aromatic rings. The SMILES string of the molecule is CC(C)(C)CC(=O)Nc1ccc2c(c1)C(c1ccc(O)cc1)(c1ccc(O)cc1)OC2=O.CN(C)c1ccc(C(c2ccc(OCC(C)(C)C)cc2)c2ccc(N(C)C)cc2)cc1.CN(C)c1ccc(C(c2ccc(OCCN)cc2)c2ccc(N(C)C)cc2)cc1.CN(C)c1ccc(N=Nc2cc[c-]cc2)c(NC(=O)CC(C)(C)C)c1.O=S(=O)=O.[Na+]. The van der Waals surface area contributed by atoms with Crippen LogP contribution in [0.4, 0.5) is 51.2 Å². The first kappa shape index (κ1) is 97.3. The van der Waals surface area contributed by atoms with Crippen molar-refractivity contribution < 1.29 is 81.0 Å². The summed E-state index contributed by atoms with van der Waals surface area (Å²) < 4.78 is 43.0. The van der Waals surface area contributed by atoms with Crippen molar-refractivity contribution in [3.05, 3.63) is 316 Å². The quantitative estimate of drug-likeness (QED) is 0.0124. The van der Waals surface area contributed by atoms with Crippen LogP contribution in [-0.4, -0.2) is 131 Å². The second kappa shape index (κ2) is 44.7. The van der Waals surface area contributed by atoms with E-state index in [-0.39, 0.29) is 81.0 Å². The van der Waals surface area contributed by atoms with E-state index in [9.17, 15) is 24.6 Å². The van der Waals surface area contributed by atoms with E-state index in [1.165, 1.54) is 80.4 Å². The van der Waals surface area contributed by atoms with E-state index in [1.54, 1.807) is 54.6 Å². The largest absolute Gasteiger partial charge is 1.00 e. The number of anilines is 7. The number of fused-ring (bicyclic) bond motifs is 1. The number of nitrogens with zero attached hydrogens (tertiary/aromatic N) is 7. The average Bonchev–Trinajstić information content (AvgIpc) is 1.54. The summed E-state index contributed by atoms with van der Waals surface area (Å²) in [6, 6.07) is 86.1. The molecule has 11 aromatic carbocycles. The molecular formula is C99H117N10NaO11S. The van der Waals surface area contributed by atoms with Crippen LogP contribution >= 0.6 is 0 Å². The Balaban J connectivity index is 0.000000221. The van der Waals surface area contributed by atoms with Gasteiger partial charge in [-0.25, -0.2) is 4.79 Å². The number of phenols is 2. The summed E-state index contributed by atoms with van der Waals surface area (Å²) in [6.45, 7) is 20.4. The molecule has 0 saturated carbocycles. The Morgan fingerprint density at radius 2 is 0.811 bits per heavy atom. The summed E-state index contributed by atoms with van der Waals surface area (Å²) in [6.07, 6.45) is 0.783. The smallest absolute Gasteiger partial charge is 0.508 e. The minimum absolute atomic E-state index is 0. The number of phenolic OH excluding ortho intramolecular Hbond substituents is 2. The molecule has 0 saturated heterocycles. The molecule has 122 heavy (non-hydrogen) atoms. The van der Waals surface area contributed by atoms with Gasteiger partial charge < -0.3 is 65.3 Å². The number of hydrogen-bond acceptors (Lipinski definition) is 19. The van der Waals surface area contributed by atoms with Crippen LogP contribution in [-0.2, 0) is 30.5 Å². The fourth-order valence-electron chi connectivity index (χ4n) is 13.2. The van der Waals surface area contributed by atoms with Crippen molar-refractivity contribution >= 4 is 79.6 Å². The molecule has 0 spiro atoms. The van der Waals surface area contributed by atoms with E-state index < -0.39 is 22.2 Å². The van der Waals surface area contributed by atoms with Crippen LogP contribution in [0.15, 0.2) is 265 Å². The number of carbonyl (C=O) groups excluding carboxylic acids is 3. The number of nitrogens with two attached hydrogens (primary N) is 1. The summed E-state index contributed by atoms with van der Waals surface area (Å²) in [5.74, 6) is 1.62.